The van der Waals surface area contributed by atoms with Crippen LogP contribution in [0.25, 0.3) is 10.8 Å². The van der Waals surface area contributed by atoms with E-state index in [0.717, 1.165) is 30.7 Å². The van der Waals surface area contributed by atoms with Gasteiger partial charge in [0.05, 0.1) is 0 Å². The Hall–Kier alpha value is -1.89. The number of carbonyl (C=O) groups excluding carboxylic acids is 1. The molecule has 3 aliphatic carbocycles. The summed E-state index contributed by atoms with van der Waals surface area (Å²) in [7, 11) is 0. The number of allylic oxidation sites excluding steroid dienone is 2. The fourth-order valence-electron chi connectivity index (χ4n) is 5.66. The van der Waals surface area contributed by atoms with Gasteiger partial charge in [0, 0.05) is 17.4 Å². The molecule has 1 saturated carbocycles. The Labute approximate surface area is 150 Å². The number of rotatable bonds is 2. The van der Waals surface area contributed by atoms with Crippen LogP contribution in [0.2, 0.25) is 0 Å². The van der Waals surface area contributed by atoms with E-state index in [1.807, 2.05) is 0 Å². The maximum absolute atomic E-state index is 12.7. The van der Waals surface area contributed by atoms with Crippen LogP contribution in [-0.4, -0.2) is 5.78 Å². The van der Waals surface area contributed by atoms with Crippen molar-refractivity contribution >= 4 is 16.6 Å². The molecule has 5 rings (SSSR count). The van der Waals surface area contributed by atoms with Gasteiger partial charge >= 0.3 is 0 Å². The van der Waals surface area contributed by atoms with E-state index in [2.05, 4.69) is 56.3 Å². The predicted octanol–water partition coefficient (Wildman–Crippen LogP) is 6.16. The molecule has 2 bridgehead atoms. The molecule has 0 aromatic heterocycles. The van der Waals surface area contributed by atoms with Gasteiger partial charge in [-0.05, 0) is 77.5 Å². The molecule has 1 heteroatoms. The first-order valence-electron chi connectivity index (χ1n) is 9.90. The topological polar surface area (TPSA) is 17.1 Å². The van der Waals surface area contributed by atoms with Crippen molar-refractivity contribution in [2.45, 2.75) is 57.3 Å². The fourth-order valence-corrected chi connectivity index (χ4v) is 5.66. The van der Waals surface area contributed by atoms with Crippen LogP contribution in [0.1, 0.15) is 73.4 Å². The molecule has 0 saturated heterocycles. The molecule has 1 nitrogen and oxygen atoms in total. The van der Waals surface area contributed by atoms with E-state index in [-0.39, 0.29) is 5.41 Å². The molecular formula is C24H26O. The van der Waals surface area contributed by atoms with E-state index < -0.39 is 0 Å². The molecule has 128 valence electrons. The Morgan fingerprint density at radius 3 is 2.76 bits per heavy atom. The van der Waals surface area contributed by atoms with Crippen molar-refractivity contribution in [1.29, 1.82) is 0 Å². The van der Waals surface area contributed by atoms with Crippen LogP contribution in [-0.2, 0) is 5.41 Å². The van der Waals surface area contributed by atoms with Crippen molar-refractivity contribution in [2.75, 3.05) is 0 Å². The highest BCUT2D eigenvalue weighted by molar-refractivity contribution is 6.03. The summed E-state index contributed by atoms with van der Waals surface area (Å²) in [6.07, 6.45) is 10.3. The summed E-state index contributed by atoms with van der Waals surface area (Å²) in [5.41, 5.74) is 4.01. The van der Waals surface area contributed by atoms with Gasteiger partial charge in [-0.2, -0.15) is 0 Å². The van der Waals surface area contributed by atoms with Gasteiger partial charge < -0.3 is 0 Å². The minimum Gasteiger partial charge on any atom is -0.294 e. The normalized spacial score (nSPS) is 31.0. The van der Waals surface area contributed by atoms with Crippen LogP contribution in [0, 0.1) is 11.8 Å². The zero-order valence-electron chi connectivity index (χ0n) is 15.2. The molecule has 4 unspecified atom stereocenters. The van der Waals surface area contributed by atoms with Crippen LogP contribution in [0.4, 0.5) is 0 Å². The summed E-state index contributed by atoms with van der Waals surface area (Å²) in [5.74, 6) is 2.30. The summed E-state index contributed by atoms with van der Waals surface area (Å²) < 4.78 is 0. The minimum absolute atomic E-state index is 0.225. The van der Waals surface area contributed by atoms with Gasteiger partial charge in [0.2, 0.25) is 0 Å². The maximum atomic E-state index is 12.7. The number of hydrogen-bond acceptors (Lipinski definition) is 1. The highest BCUT2D eigenvalue weighted by atomic mass is 16.1. The first-order valence-corrected chi connectivity index (χ1v) is 9.90. The third-order valence-electron chi connectivity index (χ3n) is 7.33. The van der Waals surface area contributed by atoms with Crippen LogP contribution in [0.15, 0.2) is 42.5 Å². The zero-order valence-corrected chi connectivity index (χ0v) is 15.2. The van der Waals surface area contributed by atoms with Crippen LogP contribution >= 0.6 is 0 Å². The van der Waals surface area contributed by atoms with Crippen molar-refractivity contribution in [3.8, 4) is 0 Å². The SMILES string of the molecule is CCC(C)c1ccc2cc3c(cc2c1)C1(CCC3=O)CC2C=CC1C2. The maximum Gasteiger partial charge on any atom is 0.163 e. The third kappa shape index (κ3) is 2.11. The Bertz CT molecular complexity index is 906. The molecule has 0 N–H and O–H groups in total. The summed E-state index contributed by atoms with van der Waals surface area (Å²) in [5, 5.41) is 2.53. The lowest BCUT2D eigenvalue weighted by molar-refractivity contribution is 0.0944. The molecule has 2 aromatic rings. The second kappa shape index (κ2) is 5.30. The summed E-state index contributed by atoms with van der Waals surface area (Å²) in [6.45, 7) is 4.54. The van der Waals surface area contributed by atoms with Crippen molar-refractivity contribution in [2.24, 2.45) is 11.8 Å². The van der Waals surface area contributed by atoms with Gasteiger partial charge in [-0.15, -0.1) is 0 Å². The third-order valence-corrected chi connectivity index (χ3v) is 7.33. The predicted molar refractivity (Wildman–Crippen MR) is 103 cm³/mol. The van der Waals surface area contributed by atoms with Gasteiger partial charge in [0.25, 0.3) is 0 Å². The number of benzene rings is 2. The highest BCUT2D eigenvalue weighted by Gasteiger charge is 2.52. The number of fused-ring (bicyclic) bond motifs is 6. The summed E-state index contributed by atoms with van der Waals surface area (Å²) >= 11 is 0. The van der Waals surface area contributed by atoms with Crippen molar-refractivity contribution < 1.29 is 4.79 Å². The molecule has 0 radical (unpaired) electrons. The molecule has 0 heterocycles. The van der Waals surface area contributed by atoms with E-state index >= 15 is 0 Å². The van der Waals surface area contributed by atoms with Gasteiger partial charge in [0.1, 0.15) is 0 Å². The molecule has 1 fully saturated rings. The van der Waals surface area contributed by atoms with Crippen molar-refractivity contribution in [3.05, 3.63) is 59.2 Å². The first-order chi connectivity index (χ1) is 12.1. The standard InChI is InChI=1S/C24H26O/c1-3-15(2)17-5-6-18-12-21-22(13-19(18)11-17)24(9-8-23(21)25)14-16-4-7-20(24)10-16/h4-7,11-13,15-16,20H,3,8-10,14H2,1-2H3. The second-order valence-corrected chi connectivity index (χ2v) is 8.58. The molecule has 25 heavy (non-hydrogen) atoms. The zero-order chi connectivity index (χ0) is 17.2. The van der Waals surface area contributed by atoms with E-state index in [4.69, 9.17) is 0 Å². The van der Waals surface area contributed by atoms with E-state index in [0.29, 0.717) is 17.6 Å². The first kappa shape index (κ1) is 15.4. The molecular weight excluding hydrogens is 304 g/mol. The fraction of sp³-hybridized carbons (Fsp3) is 0.458. The number of Topliss-reactive ketones (excluding diaryl/α,β-unsaturated/α-hetero) is 1. The van der Waals surface area contributed by atoms with Gasteiger partial charge in [-0.3, -0.25) is 4.79 Å². The van der Waals surface area contributed by atoms with Crippen LogP contribution in [0.3, 0.4) is 0 Å². The van der Waals surface area contributed by atoms with E-state index in [9.17, 15) is 4.79 Å². The van der Waals surface area contributed by atoms with Gasteiger partial charge in [-0.1, -0.05) is 44.2 Å². The smallest absolute Gasteiger partial charge is 0.163 e. The number of carbonyl (C=O) groups is 1. The second-order valence-electron chi connectivity index (χ2n) is 8.58. The molecule has 4 atom stereocenters. The van der Waals surface area contributed by atoms with E-state index in [1.54, 1.807) is 0 Å². The molecule has 0 amide bonds. The molecule has 0 aliphatic heterocycles. The molecule has 1 spiro atoms. The number of hydrogen-bond donors (Lipinski definition) is 0. The molecule has 2 aromatic carbocycles. The van der Waals surface area contributed by atoms with Crippen LogP contribution in [0.5, 0.6) is 0 Å². The Kier molecular flexibility index (Phi) is 3.26. The lowest BCUT2D eigenvalue weighted by Gasteiger charge is -2.40. The summed E-state index contributed by atoms with van der Waals surface area (Å²) in [4.78, 5) is 12.7. The summed E-state index contributed by atoms with van der Waals surface area (Å²) in [6, 6.07) is 11.4. The molecule has 3 aliphatic rings. The Morgan fingerprint density at radius 1 is 1.16 bits per heavy atom. The highest BCUT2D eigenvalue weighted by Crippen LogP contribution is 2.58. The quantitative estimate of drug-likeness (QED) is 0.602. The largest absolute Gasteiger partial charge is 0.294 e. The lowest BCUT2D eigenvalue weighted by Crippen LogP contribution is -2.36. The Morgan fingerprint density at radius 2 is 2.04 bits per heavy atom. The van der Waals surface area contributed by atoms with Crippen molar-refractivity contribution in [3.63, 3.8) is 0 Å². The average molecular weight is 330 g/mol. The van der Waals surface area contributed by atoms with Crippen molar-refractivity contribution in [1.82, 2.24) is 0 Å². The monoisotopic (exact) mass is 330 g/mol. The minimum atomic E-state index is 0.225. The number of ketones is 1. The average Bonchev–Trinajstić information content (AvgIpc) is 3.24. The Balaban J connectivity index is 1.71. The lowest BCUT2D eigenvalue weighted by atomic mass is 9.62. The van der Waals surface area contributed by atoms with Gasteiger partial charge in [0.15, 0.2) is 5.78 Å². The van der Waals surface area contributed by atoms with Crippen LogP contribution < -0.4 is 0 Å². The van der Waals surface area contributed by atoms with Gasteiger partial charge in [-0.25, -0.2) is 0 Å². The van der Waals surface area contributed by atoms with E-state index in [1.165, 1.54) is 34.7 Å².